The molecule has 0 aromatic heterocycles. The molecular weight excluding hydrogens is 324 g/mol. The standard InChI is InChI=1S/C18H26N2O5/c1-13-5-6-15(14(2)11-13)12-16(21)20(23)18(17(22)24-3)7-9-19(25-4)10-8-18/h5-6,11,23H,7-10,12H2,1-4H3. The molecule has 1 amide bonds. The highest BCUT2D eigenvalue weighted by Crippen LogP contribution is 2.30. The van der Waals surface area contributed by atoms with Crippen molar-refractivity contribution in [1.29, 1.82) is 0 Å². The summed E-state index contributed by atoms with van der Waals surface area (Å²) in [6.45, 7) is 4.73. The van der Waals surface area contributed by atoms with Crippen LogP contribution < -0.4 is 0 Å². The van der Waals surface area contributed by atoms with Crippen molar-refractivity contribution in [3.63, 3.8) is 0 Å². The second kappa shape index (κ2) is 7.95. The molecule has 1 fully saturated rings. The molecule has 0 aliphatic carbocycles. The number of carbonyl (C=O) groups is 2. The van der Waals surface area contributed by atoms with Crippen LogP contribution in [0.2, 0.25) is 0 Å². The average molecular weight is 350 g/mol. The molecule has 0 unspecified atom stereocenters. The van der Waals surface area contributed by atoms with Crippen molar-refractivity contribution in [2.45, 2.75) is 38.6 Å². The fourth-order valence-electron chi connectivity index (χ4n) is 3.25. The number of carbonyl (C=O) groups excluding carboxylic acids is 2. The highest BCUT2D eigenvalue weighted by atomic mass is 16.7. The summed E-state index contributed by atoms with van der Waals surface area (Å²) < 4.78 is 4.87. The van der Waals surface area contributed by atoms with Gasteiger partial charge in [-0.25, -0.2) is 9.86 Å². The fraction of sp³-hybridized carbons (Fsp3) is 0.556. The molecule has 0 saturated carbocycles. The molecule has 1 aromatic carbocycles. The van der Waals surface area contributed by atoms with E-state index < -0.39 is 17.4 Å². The Morgan fingerprint density at radius 3 is 2.40 bits per heavy atom. The molecule has 2 rings (SSSR count). The maximum absolute atomic E-state index is 12.6. The van der Waals surface area contributed by atoms with Crippen LogP contribution in [-0.4, -0.2) is 60.1 Å². The van der Waals surface area contributed by atoms with E-state index in [0.29, 0.717) is 18.2 Å². The summed E-state index contributed by atoms with van der Waals surface area (Å²) in [4.78, 5) is 30.2. The highest BCUT2D eigenvalue weighted by Gasteiger charge is 2.49. The molecule has 1 aromatic rings. The Morgan fingerprint density at radius 2 is 1.88 bits per heavy atom. The number of amides is 1. The fourth-order valence-corrected chi connectivity index (χ4v) is 3.25. The Balaban J connectivity index is 2.19. The SMILES string of the molecule is COC(=O)C1(N(O)C(=O)Cc2ccc(C)cc2C)CCN(OC)CC1. The van der Waals surface area contributed by atoms with Gasteiger partial charge in [0, 0.05) is 13.1 Å². The Kier molecular flexibility index (Phi) is 6.16. The third kappa shape index (κ3) is 4.00. The Bertz CT molecular complexity index is 638. The van der Waals surface area contributed by atoms with Crippen LogP contribution >= 0.6 is 0 Å². The Hall–Kier alpha value is -1.96. The molecule has 25 heavy (non-hydrogen) atoms. The van der Waals surface area contributed by atoms with Gasteiger partial charge in [0.1, 0.15) is 0 Å². The van der Waals surface area contributed by atoms with Gasteiger partial charge in [-0.05, 0) is 37.8 Å². The van der Waals surface area contributed by atoms with E-state index in [-0.39, 0.29) is 19.3 Å². The first-order valence-corrected chi connectivity index (χ1v) is 8.29. The molecule has 0 atom stereocenters. The van der Waals surface area contributed by atoms with E-state index >= 15 is 0 Å². The number of nitrogens with zero attached hydrogens (tertiary/aromatic N) is 2. The van der Waals surface area contributed by atoms with Crippen molar-refractivity contribution < 1.29 is 24.4 Å². The Labute approximate surface area is 148 Å². The van der Waals surface area contributed by atoms with Gasteiger partial charge in [0.05, 0.1) is 20.6 Å². The van der Waals surface area contributed by atoms with E-state index in [4.69, 9.17) is 9.57 Å². The van der Waals surface area contributed by atoms with Crippen LogP contribution in [0.5, 0.6) is 0 Å². The number of aryl methyl sites for hydroxylation is 2. The molecule has 1 heterocycles. The predicted molar refractivity (Wildman–Crippen MR) is 90.8 cm³/mol. The maximum atomic E-state index is 12.6. The number of piperidine rings is 1. The Morgan fingerprint density at radius 1 is 1.24 bits per heavy atom. The summed E-state index contributed by atoms with van der Waals surface area (Å²) in [6, 6.07) is 5.77. The molecule has 7 nitrogen and oxygen atoms in total. The molecule has 1 saturated heterocycles. The maximum Gasteiger partial charge on any atom is 0.334 e. The summed E-state index contributed by atoms with van der Waals surface area (Å²) in [5.41, 5.74) is 1.53. The minimum absolute atomic E-state index is 0.0232. The molecule has 7 heteroatoms. The second-order valence-corrected chi connectivity index (χ2v) is 6.45. The van der Waals surface area contributed by atoms with Crippen molar-refractivity contribution in [3.8, 4) is 0 Å². The van der Waals surface area contributed by atoms with Crippen LogP contribution in [0.1, 0.15) is 29.5 Å². The minimum Gasteiger partial charge on any atom is -0.467 e. The number of esters is 1. The summed E-state index contributed by atoms with van der Waals surface area (Å²) in [6.07, 6.45) is 0.501. The zero-order chi connectivity index (χ0) is 18.6. The first kappa shape index (κ1) is 19.4. The van der Waals surface area contributed by atoms with Crippen LogP contribution in [0.25, 0.3) is 0 Å². The quantitative estimate of drug-likeness (QED) is 0.494. The van der Waals surface area contributed by atoms with Crippen LogP contribution in [0.3, 0.4) is 0 Å². The molecule has 138 valence electrons. The van der Waals surface area contributed by atoms with E-state index in [0.717, 1.165) is 16.7 Å². The van der Waals surface area contributed by atoms with Gasteiger partial charge in [0.2, 0.25) is 0 Å². The zero-order valence-electron chi connectivity index (χ0n) is 15.2. The highest BCUT2D eigenvalue weighted by molar-refractivity contribution is 5.88. The monoisotopic (exact) mass is 350 g/mol. The number of hydrogen-bond donors (Lipinski definition) is 1. The number of rotatable bonds is 5. The summed E-state index contributed by atoms with van der Waals surface area (Å²) >= 11 is 0. The molecule has 1 aliphatic rings. The van der Waals surface area contributed by atoms with Gasteiger partial charge < -0.3 is 9.57 Å². The number of hydroxylamine groups is 4. The van der Waals surface area contributed by atoms with E-state index in [9.17, 15) is 14.8 Å². The van der Waals surface area contributed by atoms with Crippen LogP contribution in [0.15, 0.2) is 18.2 Å². The van der Waals surface area contributed by atoms with Crippen molar-refractivity contribution in [3.05, 3.63) is 34.9 Å². The number of hydrogen-bond acceptors (Lipinski definition) is 6. The molecule has 0 bridgehead atoms. The predicted octanol–water partition coefficient (Wildman–Crippen LogP) is 1.63. The lowest BCUT2D eigenvalue weighted by atomic mass is 9.87. The van der Waals surface area contributed by atoms with E-state index in [1.165, 1.54) is 7.11 Å². The summed E-state index contributed by atoms with van der Waals surface area (Å²) in [5.74, 6) is -1.14. The third-order valence-corrected chi connectivity index (χ3v) is 4.85. The van der Waals surface area contributed by atoms with Crippen molar-refractivity contribution in [2.24, 2.45) is 0 Å². The van der Waals surface area contributed by atoms with Crippen molar-refractivity contribution in [2.75, 3.05) is 27.3 Å². The number of ether oxygens (including phenoxy) is 1. The summed E-state index contributed by atoms with van der Waals surface area (Å²) in [7, 11) is 2.81. The minimum atomic E-state index is -1.38. The van der Waals surface area contributed by atoms with Gasteiger partial charge in [-0.3, -0.25) is 10.0 Å². The van der Waals surface area contributed by atoms with E-state index in [1.54, 1.807) is 12.2 Å². The lowest BCUT2D eigenvalue weighted by molar-refractivity contribution is -0.228. The van der Waals surface area contributed by atoms with E-state index in [1.807, 2.05) is 32.0 Å². The van der Waals surface area contributed by atoms with Crippen LogP contribution in [0, 0.1) is 13.8 Å². The molecule has 0 spiro atoms. The van der Waals surface area contributed by atoms with Crippen LogP contribution in [-0.2, 0) is 25.6 Å². The van der Waals surface area contributed by atoms with Gasteiger partial charge in [-0.2, -0.15) is 5.06 Å². The van der Waals surface area contributed by atoms with Crippen molar-refractivity contribution >= 4 is 11.9 Å². The van der Waals surface area contributed by atoms with Crippen LogP contribution in [0.4, 0.5) is 0 Å². The zero-order valence-corrected chi connectivity index (χ0v) is 15.2. The first-order chi connectivity index (χ1) is 11.8. The largest absolute Gasteiger partial charge is 0.467 e. The molecular formula is C18H26N2O5. The lowest BCUT2D eigenvalue weighted by Gasteiger charge is -2.42. The number of methoxy groups -OCH3 is 1. The van der Waals surface area contributed by atoms with E-state index in [2.05, 4.69) is 0 Å². The lowest BCUT2D eigenvalue weighted by Crippen LogP contribution is -2.61. The van der Waals surface area contributed by atoms with Gasteiger partial charge in [-0.15, -0.1) is 0 Å². The van der Waals surface area contributed by atoms with Gasteiger partial charge >= 0.3 is 5.97 Å². The molecule has 1 aliphatic heterocycles. The second-order valence-electron chi connectivity index (χ2n) is 6.45. The normalized spacial score (nSPS) is 17.2. The smallest absolute Gasteiger partial charge is 0.334 e. The summed E-state index contributed by atoms with van der Waals surface area (Å²) in [5, 5.41) is 12.8. The molecule has 1 N–H and O–H groups in total. The topological polar surface area (TPSA) is 79.3 Å². The first-order valence-electron chi connectivity index (χ1n) is 8.29. The number of benzene rings is 1. The van der Waals surface area contributed by atoms with Crippen molar-refractivity contribution in [1.82, 2.24) is 10.1 Å². The molecule has 0 radical (unpaired) electrons. The van der Waals surface area contributed by atoms with Gasteiger partial charge in [0.25, 0.3) is 5.91 Å². The third-order valence-electron chi connectivity index (χ3n) is 4.85. The average Bonchev–Trinajstić information content (AvgIpc) is 2.62. The van der Waals surface area contributed by atoms with Gasteiger partial charge in [-0.1, -0.05) is 23.8 Å². The van der Waals surface area contributed by atoms with Gasteiger partial charge in [0.15, 0.2) is 5.54 Å².